The summed E-state index contributed by atoms with van der Waals surface area (Å²) >= 11 is 0. The molecule has 0 saturated heterocycles. The Morgan fingerprint density at radius 3 is 1.58 bits per heavy atom. The van der Waals surface area contributed by atoms with E-state index in [0.29, 0.717) is 4.31 Å². The summed E-state index contributed by atoms with van der Waals surface area (Å²) in [6.45, 7) is -1.20. The van der Waals surface area contributed by atoms with E-state index in [9.17, 15) is 8.42 Å². The van der Waals surface area contributed by atoms with Crippen LogP contribution in [0, 0.1) is 0 Å². The van der Waals surface area contributed by atoms with E-state index in [4.69, 9.17) is 14.8 Å². The Morgan fingerprint density at radius 2 is 1.42 bits per heavy atom. The molecule has 0 amide bonds. The molecule has 0 saturated carbocycles. The molecule has 8 heteroatoms. The van der Waals surface area contributed by atoms with Crippen LogP contribution in [0.1, 0.15) is 0 Å². The number of hydrogen-bond acceptors (Lipinski definition) is 4. The van der Waals surface area contributed by atoms with Gasteiger partial charge >= 0.3 is 10.3 Å². The van der Waals surface area contributed by atoms with Gasteiger partial charge in [0.2, 0.25) is 0 Å². The summed E-state index contributed by atoms with van der Waals surface area (Å²) in [6.07, 6.45) is 0. The van der Waals surface area contributed by atoms with Crippen LogP contribution in [0.4, 0.5) is 0 Å². The minimum Gasteiger partial charge on any atom is -0.395 e. The summed E-state index contributed by atoms with van der Waals surface area (Å²) in [7, 11) is -4.28. The third kappa shape index (κ3) is 6.89. The zero-order valence-corrected chi connectivity index (χ0v) is 10.8. The van der Waals surface area contributed by atoms with E-state index in [1.807, 2.05) is 0 Å². The Hall–Kier alpha value is 1.43. The molecular formula is C4H11KNO5S. The standard InChI is InChI=1S/C4H11NO5S.K/c6-3-1-5(2-4-7)11(8,9)10;/h6-7H,1-4H2,(H,8,9,10);. The molecule has 6 nitrogen and oxygen atoms in total. The van der Waals surface area contributed by atoms with Crippen LogP contribution in [0.2, 0.25) is 0 Å². The van der Waals surface area contributed by atoms with E-state index in [2.05, 4.69) is 0 Å². The molecule has 0 aliphatic carbocycles. The molecular weight excluding hydrogens is 213 g/mol. The monoisotopic (exact) mass is 224 g/mol. The fourth-order valence-corrected chi connectivity index (χ4v) is 1.19. The van der Waals surface area contributed by atoms with E-state index in [-0.39, 0.29) is 77.7 Å². The summed E-state index contributed by atoms with van der Waals surface area (Å²) < 4.78 is 29.7. The third-order valence-electron chi connectivity index (χ3n) is 1.03. The molecule has 0 heterocycles. The fraction of sp³-hybridized carbons (Fsp3) is 1.00. The van der Waals surface area contributed by atoms with E-state index < -0.39 is 10.3 Å². The maximum absolute atomic E-state index is 10.4. The molecule has 0 unspecified atom stereocenters. The SMILES string of the molecule is O=S(=O)(O)N(CCO)CCO.[K]. The van der Waals surface area contributed by atoms with Crippen LogP contribution >= 0.6 is 0 Å². The van der Waals surface area contributed by atoms with Gasteiger partial charge in [0.25, 0.3) is 0 Å². The summed E-state index contributed by atoms with van der Waals surface area (Å²) in [5.74, 6) is 0. The van der Waals surface area contributed by atoms with Crippen LogP contribution in [0.3, 0.4) is 0 Å². The van der Waals surface area contributed by atoms with Crippen LogP contribution in [0.5, 0.6) is 0 Å². The molecule has 0 aliphatic heterocycles. The first kappa shape index (κ1) is 15.9. The van der Waals surface area contributed by atoms with Crippen LogP contribution in [-0.4, -0.2) is 105 Å². The average molecular weight is 224 g/mol. The number of hydrogen-bond donors (Lipinski definition) is 3. The van der Waals surface area contributed by atoms with Gasteiger partial charge in [-0.05, 0) is 0 Å². The second kappa shape index (κ2) is 7.80. The minimum atomic E-state index is -4.28. The second-order valence-electron chi connectivity index (χ2n) is 1.82. The molecule has 0 rings (SSSR count). The quantitative estimate of drug-likeness (QED) is 0.360. The van der Waals surface area contributed by atoms with E-state index >= 15 is 0 Å². The maximum atomic E-state index is 10.4. The first-order valence-electron chi connectivity index (χ1n) is 2.96. The van der Waals surface area contributed by atoms with Crippen molar-refractivity contribution in [3.05, 3.63) is 0 Å². The van der Waals surface area contributed by atoms with Gasteiger partial charge in [0.05, 0.1) is 13.2 Å². The summed E-state index contributed by atoms with van der Waals surface area (Å²) in [5, 5.41) is 16.7. The zero-order chi connectivity index (χ0) is 8.91. The van der Waals surface area contributed by atoms with Gasteiger partial charge in [-0.25, -0.2) is 0 Å². The summed E-state index contributed by atoms with van der Waals surface area (Å²) in [5.41, 5.74) is 0. The van der Waals surface area contributed by atoms with Gasteiger partial charge < -0.3 is 10.2 Å². The molecule has 0 atom stereocenters. The largest absolute Gasteiger partial charge is 0.395 e. The first-order valence-corrected chi connectivity index (χ1v) is 4.36. The summed E-state index contributed by atoms with van der Waals surface area (Å²) in [4.78, 5) is 0. The van der Waals surface area contributed by atoms with Crippen molar-refractivity contribution in [2.75, 3.05) is 26.3 Å². The Bertz CT molecular complexity index is 188. The molecule has 0 spiro atoms. The van der Waals surface area contributed by atoms with Crippen LogP contribution in [0.25, 0.3) is 0 Å². The van der Waals surface area contributed by atoms with Crippen molar-refractivity contribution < 1.29 is 23.2 Å². The third-order valence-corrected chi connectivity index (χ3v) is 2.04. The molecule has 12 heavy (non-hydrogen) atoms. The van der Waals surface area contributed by atoms with Crippen LogP contribution < -0.4 is 0 Å². The fourth-order valence-electron chi connectivity index (χ4n) is 0.566. The van der Waals surface area contributed by atoms with E-state index in [0.717, 1.165) is 0 Å². The molecule has 0 aromatic heterocycles. The zero-order valence-electron chi connectivity index (χ0n) is 6.84. The Kier molecular flexibility index (Phi) is 10.3. The topological polar surface area (TPSA) is 98.1 Å². The number of aliphatic hydroxyl groups is 2. The molecule has 3 N–H and O–H groups in total. The van der Waals surface area contributed by atoms with Crippen molar-refractivity contribution in [1.29, 1.82) is 0 Å². The van der Waals surface area contributed by atoms with Crippen LogP contribution in [0.15, 0.2) is 0 Å². The van der Waals surface area contributed by atoms with Crippen molar-refractivity contribution in [2.45, 2.75) is 0 Å². The predicted molar refractivity (Wildman–Crippen MR) is 43.0 cm³/mol. The minimum absolute atomic E-state index is 0. The Labute approximate surface area is 114 Å². The van der Waals surface area contributed by atoms with Gasteiger partial charge in [-0.15, -0.1) is 0 Å². The van der Waals surface area contributed by atoms with Gasteiger partial charge in [-0.3, -0.25) is 4.55 Å². The normalized spacial score (nSPS) is 11.3. The average Bonchev–Trinajstić information content (AvgIpc) is 1.85. The molecule has 0 aromatic carbocycles. The van der Waals surface area contributed by atoms with Crippen molar-refractivity contribution in [1.82, 2.24) is 4.31 Å². The Morgan fingerprint density at radius 1 is 1.08 bits per heavy atom. The molecule has 0 aliphatic rings. The number of rotatable bonds is 5. The molecule has 0 bridgehead atoms. The van der Waals surface area contributed by atoms with Gasteiger partial charge in [0.15, 0.2) is 0 Å². The molecule has 0 aromatic rings. The van der Waals surface area contributed by atoms with Crippen molar-refractivity contribution >= 4 is 61.7 Å². The second-order valence-corrected chi connectivity index (χ2v) is 3.24. The van der Waals surface area contributed by atoms with Crippen molar-refractivity contribution in [3.63, 3.8) is 0 Å². The molecule has 69 valence electrons. The van der Waals surface area contributed by atoms with E-state index in [1.165, 1.54) is 0 Å². The van der Waals surface area contributed by atoms with Crippen molar-refractivity contribution in [3.8, 4) is 0 Å². The number of nitrogens with zero attached hydrogens (tertiary/aromatic N) is 1. The Balaban J connectivity index is 0. The molecule has 0 fully saturated rings. The predicted octanol–water partition coefficient (Wildman–Crippen LogP) is -2.30. The summed E-state index contributed by atoms with van der Waals surface area (Å²) in [6, 6.07) is 0. The molecule has 1 radical (unpaired) electrons. The first-order chi connectivity index (χ1) is 5.02. The van der Waals surface area contributed by atoms with Gasteiger partial charge in [-0.1, -0.05) is 0 Å². The van der Waals surface area contributed by atoms with Gasteiger partial charge in [0.1, 0.15) is 0 Å². The number of aliphatic hydroxyl groups excluding tert-OH is 2. The smallest absolute Gasteiger partial charge is 0.336 e. The van der Waals surface area contributed by atoms with E-state index in [1.54, 1.807) is 0 Å². The maximum Gasteiger partial charge on any atom is 0.336 e. The van der Waals surface area contributed by atoms with Crippen molar-refractivity contribution in [2.24, 2.45) is 0 Å². The van der Waals surface area contributed by atoms with Gasteiger partial charge in [-0.2, -0.15) is 12.7 Å². The van der Waals surface area contributed by atoms with Gasteiger partial charge in [0, 0.05) is 64.5 Å². The van der Waals surface area contributed by atoms with Crippen LogP contribution in [-0.2, 0) is 10.3 Å².